The van der Waals surface area contributed by atoms with Gasteiger partial charge in [-0.15, -0.1) is 0 Å². The molecule has 138 valence electrons. The van der Waals surface area contributed by atoms with E-state index < -0.39 is 11.7 Å². The fourth-order valence-corrected chi connectivity index (χ4v) is 3.02. The molecule has 0 atom stereocenters. The van der Waals surface area contributed by atoms with Crippen LogP contribution < -0.4 is 0 Å². The maximum absolute atomic E-state index is 13.0. The molecule has 2 rings (SSSR count). The molecular weight excluding hydrogens is 355 g/mol. The van der Waals surface area contributed by atoms with E-state index >= 15 is 0 Å². The van der Waals surface area contributed by atoms with Crippen molar-refractivity contribution in [2.45, 2.75) is 32.4 Å². The first-order valence-corrected chi connectivity index (χ1v) is 8.63. The SMILES string of the molecule is CCOC(=O)CCCN1CC=C(c2ccc(Cl)c(C(F)(F)F)c2)CC1. The molecule has 1 aromatic rings. The van der Waals surface area contributed by atoms with Crippen LogP contribution in [-0.2, 0) is 15.7 Å². The topological polar surface area (TPSA) is 29.5 Å². The molecule has 3 nitrogen and oxygen atoms in total. The van der Waals surface area contributed by atoms with Crippen molar-refractivity contribution in [3.8, 4) is 0 Å². The first-order chi connectivity index (χ1) is 11.8. The van der Waals surface area contributed by atoms with Crippen molar-refractivity contribution in [2.24, 2.45) is 0 Å². The quantitative estimate of drug-likeness (QED) is 0.669. The van der Waals surface area contributed by atoms with Crippen LogP contribution in [0.5, 0.6) is 0 Å². The van der Waals surface area contributed by atoms with Crippen LogP contribution in [0.2, 0.25) is 5.02 Å². The second-order valence-electron chi connectivity index (χ2n) is 5.88. The van der Waals surface area contributed by atoms with Crippen molar-refractivity contribution in [1.82, 2.24) is 4.90 Å². The highest BCUT2D eigenvalue weighted by atomic mass is 35.5. The van der Waals surface area contributed by atoms with E-state index in [1.807, 2.05) is 6.08 Å². The molecule has 1 aliphatic heterocycles. The van der Waals surface area contributed by atoms with Crippen LogP contribution in [0.4, 0.5) is 13.2 Å². The van der Waals surface area contributed by atoms with Gasteiger partial charge in [0.2, 0.25) is 0 Å². The number of ether oxygens (including phenoxy) is 1. The van der Waals surface area contributed by atoms with Gasteiger partial charge in [0.25, 0.3) is 0 Å². The maximum atomic E-state index is 13.0. The molecule has 25 heavy (non-hydrogen) atoms. The number of rotatable bonds is 6. The molecule has 0 radical (unpaired) electrons. The van der Waals surface area contributed by atoms with Crippen molar-refractivity contribution in [2.75, 3.05) is 26.2 Å². The van der Waals surface area contributed by atoms with Gasteiger partial charge in [0, 0.05) is 19.5 Å². The molecule has 0 saturated carbocycles. The Balaban J connectivity index is 1.94. The van der Waals surface area contributed by atoms with Crippen LogP contribution in [-0.4, -0.2) is 37.1 Å². The van der Waals surface area contributed by atoms with Gasteiger partial charge in [-0.25, -0.2) is 0 Å². The summed E-state index contributed by atoms with van der Waals surface area (Å²) in [6.45, 7) is 4.32. The Labute approximate surface area is 150 Å². The van der Waals surface area contributed by atoms with Crippen LogP contribution in [0.1, 0.15) is 37.3 Å². The average molecular weight is 376 g/mol. The molecule has 0 bridgehead atoms. The molecule has 7 heteroatoms. The van der Waals surface area contributed by atoms with Gasteiger partial charge in [0.15, 0.2) is 0 Å². The zero-order valence-corrected chi connectivity index (χ0v) is 14.8. The Morgan fingerprint density at radius 2 is 2.12 bits per heavy atom. The molecule has 0 saturated heterocycles. The highest BCUT2D eigenvalue weighted by molar-refractivity contribution is 6.31. The summed E-state index contributed by atoms with van der Waals surface area (Å²) in [5, 5.41) is -0.284. The van der Waals surface area contributed by atoms with Gasteiger partial charge in [0.05, 0.1) is 17.2 Å². The molecule has 0 aliphatic carbocycles. The Hall–Kier alpha value is -1.53. The Bertz CT molecular complexity index is 644. The molecule has 1 heterocycles. The molecule has 0 fully saturated rings. The minimum Gasteiger partial charge on any atom is -0.466 e. The standard InChI is InChI=1S/C18H21ClF3NO2/c1-2-25-17(24)4-3-9-23-10-7-13(8-11-23)14-5-6-16(19)15(12-14)18(20,21)22/h5-7,12H,2-4,8-11H2,1H3. The zero-order valence-electron chi connectivity index (χ0n) is 14.0. The van der Waals surface area contributed by atoms with Gasteiger partial charge in [-0.05, 0) is 49.6 Å². The van der Waals surface area contributed by atoms with Crippen LogP contribution >= 0.6 is 11.6 Å². The molecule has 1 aromatic carbocycles. The van der Waals surface area contributed by atoms with E-state index in [0.29, 0.717) is 38.0 Å². The number of esters is 1. The van der Waals surface area contributed by atoms with Crippen LogP contribution in [0.25, 0.3) is 5.57 Å². The third-order valence-corrected chi connectivity index (χ3v) is 4.43. The number of halogens is 4. The third-order valence-electron chi connectivity index (χ3n) is 4.10. The predicted octanol–water partition coefficient (Wildman–Crippen LogP) is 4.79. The van der Waals surface area contributed by atoms with E-state index in [4.69, 9.17) is 16.3 Å². The van der Waals surface area contributed by atoms with E-state index in [-0.39, 0.29) is 11.0 Å². The van der Waals surface area contributed by atoms with Gasteiger partial charge in [-0.3, -0.25) is 9.69 Å². The summed E-state index contributed by atoms with van der Waals surface area (Å²) < 4.78 is 43.8. The molecular formula is C18H21ClF3NO2. The molecule has 1 aliphatic rings. The molecule has 0 amide bonds. The van der Waals surface area contributed by atoms with Crippen LogP contribution in [0.3, 0.4) is 0 Å². The summed E-state index contributed by atoms with van der Waals surface area (Å²) >= 11 is 5.66. The first-order valence-electron chi connectivity index (χ1n) is 8.25. The van der Waals surface area contributed by atoms with E-state index in [2.05, 4.69) is 4.90 Å². The lowest BCUT2D eigenvalue weighted by Gasteiger charge is -2.26. The summed E-state index contributed by atoms with van der Waals surface area (Å²) in [4.78, 5) is 13.5. The minimum absolute atomic E-state index is 0.198. The summed E-state index contributed by atoms with van der Waals surface area (Å²) in [5.41, 5.74) is 0.649. The van der Waals surface area contributed by atoms with Gasteiger partial charge >= 0.3 is 12.1 Å². The maximum Gasteiger partial charge on any atom is 0.417 e. The smallest absolute Gasteiger partial charge is 0.417 e. The second-order valence-corrected chi connectivity index (χ2v) is 6.29. The minimum atomic E-state index is -4.46. The first kappa shape index (κ1) is 19.8. The summed E-state index contributed by atoms with van der Waals surface area (Å²) in [6.07, 6.45) is -0.759. The van der Waals surface area contributed by atoms with E-state index in [1.54, 1.807) is 13.0 Å². The lowest BCUT2D eigenvalue weighted by Crippen LogP contribution is -2.30. The van der Waals surface area contributed by atoms with Crippen molar-refractivity contribution < 1.29 is 22.7 Å². The number of alkyl halides is 3. The molecule has 0 N–H and O–H groups in total. The fraction of sp³-hybridized carbons (Fsp3) is 0.500. The van der Waals surface area contributed by atoms with Gasteiger partial charge in [0.1, 0.15) is 0 Å². The fourth-order valence-electron chi connectivity index (χ4n) is 2.80. The van der Waals surface area contributed by atoms with Crippen LogP contribution in [0.15, 0.2) is 24.3 Å². The predicted molar refractivity (Wildman–Crippen MR) is 91.4 cm³/mol. The average Bonchev–Trinajstić information content (AvgIpc) is 2.55. The summed E-state index contributed by atoms with van der Waals surface area (Å²) in [7, 11) is 0. The monoisotopic (exact) mass is 375 g/mol. The van der Waals surface area contributed by atoms with Gasteiger partial charge < -0.3 is 4.74 Å². The van der Waals surface area contributed by atoms with Crippen molar-refractivity contribution in [3.05, 3.63) is 40.4 Å². The molecule has 0 spiro atoms. The lowest BCUT2D eigenvalue weighted by molar-refractivity contribution is -0.143. The number of carbonyl (C=O) groups excluding carboxylic acids is 1. The van der Waals surface area contributed by atoms with E-state index in [9.17, 15) is 18.0 Å². The van der Waals surface area contributed by atoms with Crippen molar-refractivity contribution in [1.29, 1.82) is 0 Å². The Morgan fingerprint density at radius 1 is 1.36 bits per heavy atom. The number of carbonyl (C=O) groups is 1. The van der Waals surface area contributed by atoms with Crippen molar-refractivity contribution >= 4 is 23.1 Å². The number of hydrogen-bond donors (Lipinski definition) is 0. The van der Waals surface area contributed by atoms with Crippen LogP contribution in [0, 0.1) is 0 Å². The van der Waals surface area contributed by atoms with Gasteiger partial charge in [-0.2, -0.15) is 13.2 Å². The number of nitrogens with zero attached hydrogens (tertiary/aromatic N) is 1. The lowest BCUT2D eigenvalue weighted by atomic mass is 9.97. The number of benzene rings is 1. The van der Waals surface area contributed by atoms with E-state index in [1.165, 1.54) is 6.07 Å². The van der Waals surface area contributed by atoms with Crippen molar-refractivity contribution in [3.63, 3.8) is 0 Å². The molecule has 0 unspecified atom stereocenters. The van der Waals surface area contributed by atoms with E-state index in [0.717, 1.165) is 24.7 Å². The Morgan fingerprint density at radius 3 is 2.72 bits per heavy atom. The molecule has 0 aromatic heterocycles. The normalized spacial score (nSPS) is 15.8. The highest BCUT2D eigenvalue weighted by Crippen LogP contribution is 2.37. The zero-order chi connectivity index (χ0) is 18.4. The summed E-state index contributed by atoms with van der Waals surface area (Å²) in [5.74, 6) is -0.198. The number of hydrogen-bond acceptors (Lipinski definition) is 3. The Kier molecular flexibility index (Phi) is 6.90. The second kappa shape index (κ2) is 8.72. The third kappa shape index (κ3) is 5.75. The van der Waals surface area contributed by atoms with Gasteiger partial charge in [-0.1, -0.05) is 23.7 Å². The highest BCUT2D eigenvalue weighted by Gasteiger charge is 2.33. The largest absolute Gasteiger partial charge is 0.466 e. The summed E-state index contributed by atoms with van der Waals surface area (Å²) in [6, 6.07) is 4.04.